The van der Waals surface area contributed by atoms with E-state index in [0.29, 0.717) is 10.7 Å². The number of nitrogens with one attached hydrogen (secondary N) is 1. The van der Waals surface area contributed by atoms with E-state index < -0.39 is 0 Å². The third-order valence-corrected chi connectivity index (χ3v) is 2.52. The van der Waals surface area contributed by atoms with Crippen molar-refractivity contribution in [2.24, 2.45) is 0 Å². The Kier molecular flexibility index (Phi) is 3.06. The summed E-state index contributed by atoms with van der Waals surface area (Å²) in [7, 11) is 0. The Balaban J connectivity index is 2.18. The summed E-state index contributed by atoms with van der Waals surface area (Å²) in [6.07, 6.45) is 0. The van der Waals surface area contributed by atoms with E-state index in [1.165, 1.54) is 12.1 Å². The minimum atomic E-state index is -0.341. The fourth-order valence-corrected chi connectivity index (χ4v) is 1.65. The highest BCUT2D eigenvalue weighted by Gasteiger charge is 2.11. The third-order valence-electron chi connectivity index (χ3n) is 2.29. The Morgan fingerprint density at radius 1 is 1.35 bits per heavy atom. The number of furan rings is 1. The largest absolute Gasteiger partial charge is 0.436 e. The molecule has 2 rings (SSSR count). The Labute approximate surface area is 103 Å². The SMILES string of the molecule is Cc1cc(Cl)ccc1NC(=O)c1ccc(N)o1. The number of carbonyl (C=O) groups excluding carboxylic acids is 1. The lowest BCUT2D eigenvalue weighted by Crippen LogP contribution is -2.11. The van der Waals surface area contributed by atoms with Gasteiger partial charge in [0.15, 0.2) is 11.6 Å². The fraction of sp³-hybridized carbons (Fsp3) is 0.0833. The van der Waals surface area contributed by atoms with E-state index in [1.54, 1.807) is 18.2 Å². The lowest BCUT2D eigenvalue weighted by molar-refractivity contribution is 0.0997. The summed E-state index contributed by atoms with van der Waals surface area (Å²) >= 11 is 5.83. The molecule has 0 aliphatic carbocycles. The van der Waals surface area contributed by atoms with Crippen LogP contribution in [0.5, 0.6) is 0 Å². The summed E-state index contributed by atoms with van der Waals surface area (Å²) < 4.78 is 5.02. The molecule has 0 bridgehead atoms. The molecule has 0 saturated carbocycles. The van der Waals surface area contributed by atoms with E-state index in [-0.39, 0.29) is 17.6 Å². The van der Waals surface area contributed by atoms with Crippen LogP contribution in [0.1, 0.15) is 16.1 Å². The molecule has 0 fully saturated rings. The first kappa shape index (κ1) is 11.5. The van der Waals surface area contributed by atoms with Gasteiger partial charge in [-0.3, -0.25) is 4.79 Å². The van der Waals surface area contributed by atoms with Crippen LogP contribution >= 0.6 is 11.6 Å². The zero-order chi connectivity index (χ0) is 12.4. The van der Waals surface area contributed by atoms with Gasteiger partial charge in [-0.2, -0.15) is 0 Å². The average Bonchev–Trinajstić information content (AvgIpc) is 2.69. The minimum Gasteiger partial charge on any atom is -0.436 e. The molecular weight excluding hydrogens is 240 g/mol. The number of benzene rings is 1. The van der Waals surface area contributed by atoms with Crippen LogP contribution in [-0.4, -0.2) is 5.91 Å². The van der Waals surface area contributed by atoms with Crippen molar-refractivity contribution >= 4 is 29.1 Å². The highest BCUT2D eigenvalue weighted by molar-refractivity contribution is 6.30. The predicted molar refractivity (Wildman–Crippen MR) is 67.3 cm³/mol. The van der Waals surface area contributed by atoms with Gasteiger partial charge in [-0.15, -0.1) is 0 Å². The molecule has 0 aliphatic rings. The molecule has 0 saturated heterocycles. The number of anilines is 2. The van der Waals surface area contributed by atoms with Crippen molar-refractivity contribution in [1.29, 1.82) is 0 Å². The van der Waals surface area contributed by atoms with Crippen LogP contribution < -0.4 is 11.1 Å². The van der Waals surface area contributed by atoms with E-state index in [1.807, 2.05) is 6.92 Å². The van der Waals surface area contributed by atoms with Gasteiger partial charge >= 0.3 is 0 Å². The van der Waals surface area contributed by atoms with Gasteiger partial charge in [0.1, 0.15) is 0 Å². The molecule has 2 aromatic rings. The Hall–Kier alpha value is -1.94. The number of hydrogen-bond acceptors (Lipinski definition) is 3. The number of amides is 1. The predicted octanol–water partition coefficient (Wildman–Crippen LogP) is 3.08. The zero-order valence-corrected chi connectivity index (χ0v) is 9.91. The van der Waals surface area contributed by atoms with Crippen molar-refractivity contribution in [2.75, 3.05) is 11.1 Å². The molecule has 17 heavy (non-hydrogen) atoms. The van der Waals surface area contributed by atoms with Gasteiger partial charge in [0.05, 0.1) is 0 Å². The van der Waals surface area contributed by atoms with Crippen LogP contribution in [-0.2, 0) is 0 Å². The van der Waals surface area contributed by atoms with Gasteiger partial charge in [-0.25, -0.2) is 0 Å². The number of halogens is 1. The second-order valence-corrected chi connectivity index (χ2v) is 4.05. The maximum atomic E-state index is 11.8. The maximum Gasteiger partial charge on any atom is 0.291 e. The van der Waals surface area contributed by atoms with Crippen molar-refractivity contribution in [2.45, 2.75) is 6.92 Å². The van der Waals surface area contributed by atoms with E-state index in [4.69, 9.17) is 21.8 Å². The first-order chi connectivity index (χ1) is 8.06. The van der Waals surface area contributed by atoms with Crippen molar-refractivity contribution < 1.29 is 9.21 Å². The Morgan fingerprint density at radius 2 is 2.12 bits per heavy atom. The first-order valence-corrected chi connectivity index (χ1v) is 5.37. The lowest BCUT2D eigenvalue weighted by Gasteiger charge is -2.06. The van der Waals surface area contributed by atoms with E-state index in [9.17, 15) is 4.79 Å². The number of rotatable bonds is 2. The molecule has 1 aromatic heterocycles. The zero-order valence-electron chi connectivity index (χ0n) is 9.16. The van der Waals surface area contributed by atoms with Gasteiger partial charge in [-0.1, -0.05) is 11.6 Å². The van der Waals surface area contributed by atoms with Crippen LogP contribution in [0, 0.1) is 6.92 Å². The number of carbonyl (C=O) groups is 1. The summed E-state index contributed by atoms with van der Waals surface area (Å²) in [5, 5.41) is 3.35. The molecule has 0 atom stereocenters. The third kappa shape index (κ3) is 2.60. The second-order valence-electron chi connectivity index (χ2n) is 3.62. The van der Waals surface area contributed by atoms with Gasteiger partial charge in [-0.05, 0) is 36.8 Å². The van der Waals surface area contributed by atoms with Crippen LogP contribution in [0.15, 0.2) is 34.7 Å². The quantitative estimate of drug-likeness (QED) is 0.861. The molecular formula is C12H11ClN2O2. The molecule has 4 nitrogen and oxygen atoms in total. The number of aryl methyl sites for hydroxylation is 1. The van der Waals surface area contributed by atoms with Crippen molar-refractivity contribution in [3.05, 3.63) is 46.7 Å². The summed E-state index contributed by atoms with van der Waals surface area (Å²) in [5.41, 5.74) is 6.96. The summed E-state index contributed by atoms with van der Waals surface area (Å²) in [4.78, 5) is 11.8. The van der Waals surface area contributed by atoms with Crippen molar-refractivity contribution in [1.82, 2.24) is 0 Å². The molecule has 0 unspecified atom stereocenters. The summed E-state index contributed by atoms with van der Waals surface area (Å²) in [6.45, 7) is 1.86. The molecule has 1 heterocycles. The molecule has 1 aromatic carbocycles. The number of hydrogen-bond donors (Lipinski definition) is 2. The minimum absolute atomic E-state index is 0.178. The van der Waals surface area contributed by atoms with Gasteiger partial charge in [0, 0.05) is 16.8 Å². The van der Waals surface area contributed by atoms with Crippen LogP contribution in [0.2, 0.25) is 5.02 Å². The normalized spacial score (nSPS) is 10.2. The molecule has 88 valence electrons. The van der Waals surface area contributed by atoms with Crippen LogP contribution in [0.25, 0.3) is 0 Å². The lowest BCUT2D eigenvalue weighted by atomic mass is 10.2. The number of nitrogens with two attached hydrogens (primary N) is 1. The van der Waals surface area contributed by atoms with Gasteiger partial charge in [0.2, 0.25) is 0 Å². The fourth-order valence-electron chi connectivity index (χ4n) is 1.43. The van der Waals surface area contributed by atoms with Gasteiger partial charge in [0.25, 0.3) is 5.91 Å². The van der Waals surface area contributed by atoms with Crippen LogP contribution in [0.3, 0.4) is 0 Å². The highest BCUT2D eigenvalue weighted by atomic mass is 35.5. The second kappa shape index (κ2) is 4.51. The molecule has 1 amide bonds. The Bertz CT molecular complexity index is 563. The van der Waals surface area contributed by atoms with E-state index in [2.05, 4.69) is 5.32 Å². The number of nitrogen functional groups attached to an aromatic ring is 1. The molecule has 0 spiro atoms. The van der Waals surface area contributed by atoms with Crippen LogP contribution in [0.4, 0.5) is 11.6 Å². The smallest absolute Gasteiger partial charge is 0.291 e. The summed E-state index contributed by atoms with van der Waals surface area (Å²) in [6, 6.07) is 8.27. The first-order valence-electron chi connectivity index (χ1n) is 4.99. The van der Waals surface area contributed by atoms with Crippen molar-refractivity contribution in [3.63, 3.8) is 0 Å². The van der Waals surface area contributed by atoms with Gasteiger partial charge < -0.3 is 15.5 Å². The molecule has 5 heteroatoms. The molecule has 0 radical (unpaired) electrons. The Morgan fingerprint density at radius 3 is 2.71 bits per heavy atom. The highest BCUT2D eigenvalue weighted by Crippen LogP contribution is 2.20. The summed E-state index contributed by atoms with van der Waals surface area (Å²) in [5.74, 6) is 0.0481. The van der Waals surface area contributed by atoms with E-state index >= 15 is 0 Å². The monoisotopic (exact) mass is 250 g/mol. The molecule has 0 aliphatic heterocycles. The van der Waals surface area contributed by atoms with Crippen molar-refractivity contribution in [3.8, 4) is 0 Å². The van der Waals surface area contributed by atoms with E-state index in [0.717, 1.165) is 5.56 Å². The maximum absolute atomic E-state index is 11.8. The average molecular weight is 251 g/mol. The standard InChI is InChI=1S/C12H11ClN2O2/c1-7-6-8(13)2-3-9(7)15-12(16)10-4-5-11(14)17-10/h2-6H,14H2,1H3,(H,15,16). The topological polar surface area (TPSA) is 68.3 Å². The molecule has 3 N–H and O–H groups in total.